The molecule has 1 fully saturated rings. The zero-order chi connectivity index (χ0) is 22.7. The van der Waals surface area contributed by atoms with E-state index in [9.17, 15) is 14.4 Å². The molecular weight excluding hydrogens is 399 g/mol. The highest BCUT2D eigenvalue weighted by molar-refractivity contribution is 5.98. The molecule has 0 aliphatic carbocycles. The van der Waals surface area contributed by atoms with Crippen molar-refractivity contribution in [2.45, 2.75) is 53.1 Å². The first-order valence-corrected chi connectivity index (χ1v) is 10.9. The fraction of sp³-hybridized carbons (Fsp3) is 0.522. The van der Waals surface area contributed by atoms with Crippen LogP contribution in [-0.4, -0.2) is 53.5 Å². The predicted molar refractivity (Wildman–Crippen MR) is 120 cm³/mol. The van der Waals surface area contributed by atoms with Crippen molar-refractivity contribution in [1.29, 1.82) is 0 Å². The summed E-state index contributed by atoms with van der Waals surface area (Å²) < 4.78 is 16.9. The number of aromatic nitrogens is 1. The van der Waals surface area contributed by atoms with E-state index in [1.54, 1.807) is 17.2 Å². The second kappa shape index (κ2) is 9.49. The van der Waals surface area contributed by atoms with Gasteiger partial charge in [0, 0.05) is 57.3 Å². The summed E-state index contributed by atoms with van der Waals surface area (Å²) in [7, 11) is 0. The Kier molecular flexibility index (Phi) is 6.97. The maximum atomic E-state index is 15.0. The highest BCUT2D eigenvalue weighted by Gasteiger charge is 2.23. The molecule has 2 amide bonds. The molecule has 1 atom stereocenters. The minimum absolute atomic E-state index is 0.0116. The van der Waals surface area contributed by atoms with Gasteiger partial charge in [-0.15, -0.1) is 0 Å². The number of hydrogen-bond acceptors (Lipinski definition) is 4. The van der Waals surface area contributed by atoms with Gasteiger partial charge in [-0.2, -0.15) is 0 Å². The molecule has 0 saturated carbocycles. The topological polar surface area (TPSA) is 74.7 Å². The summed E-state index contributed by atoms with van der Waals surface area (Å²) in [5.41, 5.74) is 0.564. The lowest BCUT2D eigenvalue weighted by Crippen LogP contribution is -2.48. The molecule has 1 saturated heterocycles. The summed E-state index contributed by atoms with van der Waals surface area (Å²) >= 11 is 0. The van der Waals surface area contributed by atoms with Crippen LogP contribution >= 0.6 is 0 Å². The van der Waals surface area contributed by atoms with E-state index in [2.05, 4.69) is 5.32 Å². The van der Waals surface area contributed by atoms with Crippen molar-refractivity contribution in [3.63, 3.8) is 0 Å². The van der Waals surface area contributed by atoms with Crippen LogP contribution in [0.2, 0.25) is 0 Å². The number of rotatable bonds is 6. The average Bonchev–Trinajstić information content (AvgIpc) is 2.74. The Labute approximate surface area is 181 Å². The van der Waals surface area contributed by atoms with Crippen molar-refractivity contribution in [3.8, 4) is 0 Å². The van der Waals surface area contributed by atoms with Gasteiger partial charge in [0.25, 0.3) is 5.91 Å². The summed E-state index contributed by atoms with van der Waals surface area (Å²) in [4.78, 5) is 40.9. The summed E-state index contributed by atoms with van der Waals surface area (Å²) in [6.45, 7) is 10.0. The van der Waals surface area contributed by atoms with Gasteiger partial charge in [-0.25, -0.2) is 4.39 Å². The molecule has 7 nitrogen and oxygen atoms in total. The van der Waals surface area contributed by atoms with E-state index in [1.807, 2.05) is 30.2 Å². The summed E-state index contributed by atoms with van der Waals surface area (Å²) in [6.07, 6.45) is 3.30. The molecule has 8 heteroatoms. The molecule has 0 bridgehead atoms. The number of aryl methyl sites for hydroxylation is 1. The summed E-state index contributed by atoms with van der Waals surface area (Å²) in [6, 6.07) is 2.87. The van der Waals surface area contributed by atoms with Crippen molar-refractivity contribution in [2.24, 2.45) is 0 Å². The number of benzene rings is 1. The fourth-order valence-corrected chi connectivity index (χ4v) is 4.13. The SMILES string of the molecule is CCCC(C)NC(=O)c1cn(CC)c2cc(N3CCN(C(C)=O)CC3)c(F)cc2c1=O. The van der Waals surface area contributed by atoms with Crippen LogP contribution in [0.4, 0.5) is 10.1 Å². The van der Waals surface area contributed by atoms with Gasteiger partial charge in [-0.05, 0) is 32.4 Å². The van der Waals surface area contributed by atoms with Crippen LogP contribution in [0.5, 0.6) is 0 Å². The lowest BCUT2D eigenvalue weighted by molar-refractivity contribution is -0.129. The molecule has 1 aliphatic rings. The number of pyridine rings is 1. The first kappa shape index (κ1) is 22.8. The van der Waals surface area contributed by atoms with Gasteiger partial charge < -0.3 is 19.7 Å². The van der Waals surface area contributed by atoms with Gasteiger partial charge in [-0.3, -0.25) is 14.4 Å². The standard InChI is InChI=1S/C23H31FN4O3/c1-5-7-15(3)25-23(31)18-14-26(6-2)20-13-21(19(24)12-17(20)22(18)30)28-10-8-27(9-11-28)16(4)29/h12-15H,5-11H2,1-4H3,(H,25,31). The number of carbonyl (C=O) groups is 2. The van der Waals surface area contributed by atoms with E-state index in [-0.39, 0.29) is 22.9 Å². The molecule has 2 heterocycles. The number of piperazine rings is 1. The zero-order valence-corrected chi connectivity index (χ0v) is 18.7. The number of amides is 2. The second-order valence-electron chi connectivity index (χ2n) is 8.13. The number of hydrogen-bond donors (Lipinski definition) is 1. The van der Waals surface area contributed by atoms with Gasteiger partial charge in [0.05, 0.1) is 11.2 Å². The van der Waals surface area contributed by atoms with Crippen LogP contribution in [0, 0.1) is 5.82 Å². The summed E-state index contributed by atoms with van der Waals surface area (Å²) in [5.74, 6) is -0.919. The molecule has 2 aromatic rings. The third kappa shape index (κ3) is 4.73. The molecule has 0 radical (unpaired) electrons. The van der Waals surface area contributed by atoms with Gasteiger partial charge >= 0.3 is 0 Å². The Morgan fingerprint density at radius 3 is 2.42 bits per heavy atom. The number of nitrogens with zero attached hydrogens (tertiary/aromatic N) is 3. The van der Waals surface area contributed by atoms with Crippen LogP contribution in [-0.2, 0) is 11.3 Å². The van der Waals surface area contributed by atoms with Gasteiger partial charge in [0.2, 0.25) is 11.3 Å². The molecule has 31 heavy (non-hydrogen) atoms. The molecule has 1 aliphatic heterocycles. The van der Waals surface area contributed by atoms with E-state index in [0.29, 0.717) is 43.9 Å². The number of fused-ring (bicyclic) bond motifs is 1. The minimum atomic E-state index is -0.500. The molecule has 1 unspecified atom stereocenters. The normalized spacial score (nSPS) is 15.3. The molecule has 1 N–H and O–H groups in total. The van der Waals surface area contributed by atoms with Crippen LogP contribution < -0.4 is 15.6 Å². The van der Waals surface area contributed by atoms with Crippen molar-refractivity contribution in [2.75, 3.05) is 31.1 Å². The third-order valence-electron chi connectivity index (χ3n) is 5.90. The highest BCUT2D eigenvalue weighted by Crippen LogP contribution is 2.26. The highest BCUT2D eigenvalue weighted by atomic mass is 19.1. The number of nitrogens with one attached hydrogen (secondary N) is 1. The quantitative estimate of drug-likeness (QED) is 0.765. The Hall–Kier alpha value is -2.90. The Bertz CT molecular complexity index is 1040. The van der Waals surface area contributed by atoms with Gasteiger partial charge in [-0.1, -0.05) is 13.3 Å². The van der Waals surface area contributed by atoms with Crippen LogP contribution in [0.3, 0.4) is 0 Å². The fourth-order valence-electron chi connectivity index (χ4n) is 4.13. The maximum absolute atomic E-state index is 15.0. The van der Waals surface area contributed by atoms with Gasteiger partial charge in [0.15, 0.2) is 0 Å². The van der Waals surface area contributed by atoms with Crippen molar-refractivity contribution in [1.82, 2.24) is 14.8 Å². The van der Waals surface area contributed by atoms with E-state index in [1.165, 1.54) is 13.0 Å². The molecular formula is C23H31FN4O3. The van der Waals surface area contributed by atoms with E-state index >= 15 is 4.39 Å². The molecule has 168 valence electrons. The van der Waals surface area contributed by atoms with Crippen molar-refractivity contribution < 1.29 is 14.0 Å². The van der Waals surface area contributed by atoms with Crippen LogP contribution in [0.25, 0.3) is 10.9 Å². The average molecular weight is 431 g/mol. The Balaban J connectivity index is 1.99. The van der Waals surface area contributed by atoms with E-state index in [0.717, 1.165) is 12.8 Å². The second-order valence-corrected chi connectivity index (χ2v) is 8.13. The smallest absolute Gasteiger partial charge is 0.256 e. The van der Waals surface area contributed by atoms with E-state index < -0.39 is 17.2 Å². The Morgan fingerprint density at radius 1 is 1.16 bits per heavy atom. The molecule has 1 aromatic heterocycles. The molecule has 0 spiro atoms. The monoisotopic (exact) mass is 430 g/mol. The van der Waals surface area contributed by atoms with Crippen molar-refractivity contribution >= 4 is 28.4 Å². The molecule has 3 rings (SSSR count). The third-order valence-corrected chi connectivity index (χ3v) is 5.90. The zero-order valence-electron chi connectivity index (χ0n) is 18.7. The summed E-state index contributed by atoms with van der Waals surface area (Å²) in [5, 5.41) is 3.05. The van der Waals surface area contributed by atoms with Crippen molar-refractivity contribution in [3.05, 3.63) is 39.9 Å². The molecule has 1 aromatic carbocycles. The van der Waals surface area contributed by atoms with E-state index in [4.69, 9.17) is 0 Å². The lowest BCUT2D eigenvalue weighted by atomic mass is 10.1. The first-order valence-electron chi connectivity index (χ1n) is 10.9. The predicted octanol–water partition coefficient (Wildman–Crippen LogP) is 2.75. The maximum Gasteiger partial charge on any atom is 0.256 e. The van der Waals surface area contributed by atoms with Crippen LogP contribution in [0.15, 0.2) is 23.1 Å². The minimum Gasteiger partial charge on any atom is -0.366 e. The lowest BCUT2D eigenvalue weighted by Gasteiger charge is -2.36. The number of carbonyl (C=O) groups excluding carboxylic acids is 2. The van der Waals surface area contributed by atoms with Gasteiger partial charge in [0.1, 0.15) is 11.4 Å². The Morgan fingerprint density at radius 2 is 1.84 bits per heavy atom. The largest absolute Gasteiger partial charge is 0.366 e. The number of anilines is 1. The van der Waals surface area contributed by atoms with Crippen LogP contribution in [0.1, 0.15) is 50.9 Å². The number of halogens is 1. The first-order chi connectivity index (χ1) is 14.8.